The second kappa shape index (κ2) is 3.96. The Morgan fingerprint density at radius 1 is 1.24 bits per heavy atom. The summed E-state index contributed by atoms with van der Waals surface area (Å²) in [7, 11) is 0. The third kappa shape index (κ3) is 1.74. The molecule has 2 fully saturated rings. The molecule has 0 radical (unpaired) electrons. The first-order chi connectivity index (χ1) is 8.28. The number of benzene rings is 1. The van der Waals surface area contributed by atoms with Crippen molar-refractivity contribution in [3.8, 4) is 6.07 Å². The van der Waals surface area contributed by atoms with Crippen LogP contribution in [0, 0.1) is 23.2 Å². The van der Waals surface area contributed by atoms with Gasteiger partial charge in [0.25, 0.3) is 0 Å². The Balaban J connectivity index is 1.88. The fourth-order valence-corrected chi connectivity index (χ4v) is 3.32. The van der Waals surface area contributed by atoms with Crippen LogP contribution in [0.5, 0.6) is 0 Å². The number of fused-ring (bicyclic) bond motifs is 1. The number of nitriles is 1. The first kappa shape index (κ1) is 10.5. The molecule has 0 amide bonds. The van der Waals surface area contributed by atoms with Crippen molar-refractivity contribution in [2.75, 3.05) is 23.7 Å². The lowest BCUT2D eigenvalue weighted by Crippen LogP contribution is -2.21. The monoisotopic (exact) mass is 227 g/mol. The van der Waals surface area contributed by atoms with E-state index in [-0.39, 0.29) is 0 Å². The van der Waals surface area contributed by atoms with Gasteiger partial charge in [-0.2, -0.15) is 5.26 Å². The summed E-state index contributed by atoms with van der Waals surface area (Å²) in [4.78, 5) is 2.37. The molecular weight excluding hydrogens is 210 g/mol. The van der Waals surface area contributed by atoms with E-state index in [1.807, 2.05) is 12.1 Å². The van der Waals surface area contributed by atoms with Gasteiger partial charge in [0.2, 0.25) is 0 Å². The Hall–Kier alpha value is -1.69. The van der Waals surface area contributed by atoms with Crippen LogP contribution in [0.3, 0.4) is 0 Å². The molecular formula is C14H17N3. The Morgan fingerprint density at radius 3 is 2.59 bits per heavy atom. The van der Waals surface area contributed by atoms with Crippen molar-refractivity contribution < 1.29 is 0 Å². The van der Waals surface area contributed by atoms with Gasteiger partial charge in [-0.25, -0.2) is 0 Å². The highest BCUT2D eigenvalue weighted by atomic mass is 15.2. The molecule has 3 rings (SSSR count). The third-order valence-electron chi connectivity index (χ3n) is 4.23. The van der Waals surface area contributed by atoms with Gasteiger partial charge in [-0.1, -0.05) is 6.42 Å². The minimum Gasteiger partial charge on any atom is -0.397 e. The van der Waals surface area contributed by atoms with Gasteiger partial charge in [-0.05, 0) is 42.9 Å². The van der Waals surface area contributed by atoms with Crippen LogP contribution in [-0.2, 0) is 0 Å². The van der Waals surface area contributed by atoms with Gasteiger partial charge in [0, 0.05) is 13.1 Å². The summed E-state index contributed by atoms with van der Waals surface area (Å²) in [6.07, 6.45) is 4.11. The van der Waals surface area contributed by atoms with Crippen LogP contribution in [0.1, 0.15) is 24.8 Å². The maximum absolute atomic E-state index is 8.95. The summed E-state index contributed by atoms with van der Waals surface area (Å²) in [6.45, 7) is 2.23. The van der Waals surface area contributed by atoms with Crippen LogP contribution in [0.4, 0.5) is 11.4 Å². The Labute approximate surface area is 102 Å². The average molecular weight is 227 g/mol. The lowest BCUT2D eigenvalue weighted by molar-refractivity contribution is 0.494. The molecule has 1 aliphatic heterocycles. The van der Waals surface area contributed by atoms with Crippen molar-refractivity contribution in [1.29, 1.82) is 5.26 Å². The number of nitrogens with two attached hydrogens (primary N) is 1. The molecule has 3 nitrogen and oxygen atoms in total. The molecule has 2 N–H and O–H groups in total. The minimum atomic E-state index is 0.700. The summed E-state index contributed by atoms with van der Waals surface area (Å²) in [5, 5.41) is 8.95. The number of nitrogen functional groups attached to an aromatic ring is 1. The van der Waals surface area contributed by atoms with E-state index >= 15 is 0 Å². The molecule has 0 bridgehead atoms. The van der Waals surface area contributed by atoms with Crippen LogP contribution < -0.4 is 10.6 Å². The fourth-order valence-electron chi connectivity index (χ4n) is 3.32. The van der Waals surface area contributed by atoms with E-state index in [2.05, 4.69) is 11.0 Å². The first-order valence-corrected chi connectivity index (χ1v) is 6.32. The van der Waals surface area contributed by atoms with Crippen LogP contribution in [0.2, 0.25) is 0 Å². The van der Waals surface area contributed by atoms with Crippen molar-refractivity contribution in [2.24, 2.45) is 11.8 Å². The number of nitrogens with zero attached hydrogens (tertiary/aromatic N) is 2. The molecule has 2 unspecified atom stereocenters. The Bertz CT molecular complexity index is 463. The minimum absolute atomic E-state index is 0.700. The van der Waals surface area contributed by atoms with Gasteiger partial charge < -0.3 is 10.6 Å². The molecule has 1 aromatic rings. The molecule has 88 valence electrons. The summed E-state index contributed by atoms with van der Waals surface area (Å²) < 4.78 is 0. The van der Waals surface area contributed by atoms with Gasteiger partial charge >= 0.3 is 0 Å². The predicted octanol–water partition coefficient (Wildman–Crippen LogP) is 2.38. The zero-order valence-electron chi connectivity index (χ0n) is 9.89. The maximum atomic E-state index is 8.95. The number of hydrogen-bond acceptors (Lipinski definition) is 3. The quantitative estimate of drug-likeness (QED) is 0.749. The van der Waals surface area contributed by atoms with Crippen molar-refractivity contribution in [3.05, 3.63) is 23.8 Å². The fraction of sp³-hybridized carbons (Fsp3) is 0.500. The van der Waals surface area contributed by atoms with Crippen molar-refractivity contribution in [1.82, 2.24) is 0 Å². The van der Waals surface area contributed by atoms with E-state index in [0.717, 1.165) is 36.3 Å². The van der Waals surface area contributed by atoms with Gasteiger partial charge in [0.15, 0.2) is 0 Å². The summed E-state index contributed by atoms with van der Waals surface area (Å²) in [5.74, 6) is 1.69. The van der Waals surface area contributed by atoms with Gasteiger partial charge in [-0.15, -0.1) is 0 Å². The third-order valence-corrected chi connectivity index (χ3v) is 4.23. The number of hydrogen-bond donors (Lipinski definition) is 1. The maximum Gasteiger partial charge on any atom is 0.0992 e. The highest BCUT2D eigenvalue weighted by Crippen LogP contribution is 2.40. The molecule has 1 heterocycles. The van der Waals surface area contributed by atoms with Crippen LogP contribution in [0.15, 0.2) is 18.2 Å². The molecule has 0 spiro atoms. The summed E-state index contributed by atoms with van der Waals surface area (Å²) >= 11 is 0. The molecule has 3 heteroatoms. The molecule has 0 aromatic heterocycles. The molecule has 1 saturated heterocycles. The van der Waals surface area contributed by atoms with E-state index in [9.17, 15) is 0 Å². The lowest BCUT2D eigenvalue weighted by atomic mass is 10.0. The van der Waals surface area contributed by atoms with Crippen molar-refractivity contribution in [2.45, 2.75) is 19.3 Å². The number of anilines is 2. The first-order valence-electron chi connectivity index (χ1n) is 6.32. The zero-order valence-corrected chi connectivity index (χ0v) is 9.89. The smallest absolute Gasteiger partial charge is 0.0992 e. The normalized spacial score (nSPS) is 26.9. The summed E-state index contributed by atoms with van der Waals surface area (Å²) in [5.41, 5.74) is 8.57. The molecule has 1 saturated carbocycles. The molecule has 2 atom stereocenters. The highest BCUT2D eigenvalue weighted by Gasteiger charge is 2.36. The SMILES string of the molecule is N#Cc1ccc(N)c(N2CC3CCCC3C2)c1. The van der Waals surface area contributed by atoms with Crippen molar-refractivity contribution in [3.63, 3.8) is 0 Å². The average Bonchev–Trinajstić information content (AvgIpc) is 2.90. The predicted molar refractivity (Wildman–Crippen MR) is 68.6 cm³/mol. The highest BCUT2D eigenvalue weighted by molar-refractivity contribution is 5.70. The molecule has 1 aliphatic carbocycles. The molecule has 2 aliphatic rings. The van der Waals surface area contributed by atoms with Crippen LogP contribution in [0.25, 0.3) is 0 Å². The van der Waals surface area contributed by atoms with E-state index in [1.165, 1.54) is 19.3 Å². The Morgan fingerprint density at radius 2 is 1.94 bits per heavy atom. The van der Waals surface area contributed by atoms with E-state index < -0.39 is 0 Å². The van der Waals surface area contributed by atoms with Crippen LogP contribution in [-0.4, -0.2) is 13.1 Å². The van der Waals surface area contributed by atoms with Gasteiger partial charge in [0.1, 0.15) is 0 Å². The summed E-state index contributed by atoms with van der Waals surface area (Å²) in [6, 6.07) is 7.75. The van der Waals surface area contributed by atoms with Gasteiger partial charge in [0.05, 0.1) is 23.0 Å². The Kier molecular flexibility index (Phi) is 2.44. The zero-order chi connectivity index (χ0) is 11.8. The van der Waals surface area contributed by atoms with E-state index in [0.29, 0.717) is 5.56 Å². The number of rotatable bonds is 1. The molecule has 17 heavy (non-hydrogen) atoms. The second-order valence-electron chi connectivity index (χ2n) is 5.24. The standard InChI is InChI=1S/C14H17N3/c15-7-10-4-5-13(16)14(6-10)17-8-11-2-1-3-12(11)9-17/h4-6,11-12H,1-3,8-9,16H2. The molecule has 1 aromatic carbocycles. The lowest BCUT2D eigenvalue weighted by Gasteiger charge is -2.21. The van der Waals surface area contributed by atoms with Gasteiger partial charge in [-0.3, -0.25) is 0 Å². The van der Waals surface area contributed by atoms with Crippen LogP contribution >= 0.6 is 0 Å². The second-order valence-corrected chi connectivity index (χ2v) is 5.24. The van der Waals surface area contributed by atoms with E-state index in [4.69, 9.17) is 11.0 Å². The van der Waals surface area contributed by atoms with Crippen molar-refractivity contribution >= 4 is 11.4 Å². The topological polar surface area (TPSA) is 53.1 Å². The largest absolute Gasteiger partial charge is 0.397 e. The van der Waals surface area contributed by atoms with E-state index in [1.54, 1.807) is 6.07 Å².